The Labute approximate surface area is 116 Å². The molecule has 0 aliphatic heterocycles. The van der Waals surface area contributed by atoms with Crippen molar-refractivity contribution in [1.29, 1.82) is 0 Å². The summed E-state index contributed by atoms with van der Waals surface area (Å²) in [5.74, 6) is 0.432. The highest BCUT2D eigenvalue weighted by Gasteiger charge is 2.27. The zero-order valence-corrected chi connectivity index (χ0v) is 11.6. The Bertz CT molecular complexity index is 411. The molecule has 1 aromatic heterocycles. The Morgan fingerprint density at radius 2 is 2.05 bits per heavy atom. The number of hydrogen-bond donors (Lipinski definition) is 1. The van der Waals surface area contributed by atoms with E-state index < -0.39 is 19.6 Å². The summed E-state index contributed by atoms with van der Waals surface area (Å²) >= 11 is 0. The number of aryl methyl sites for hydroxylation is 1. The van der Waals surface area contributed by atoms with Gasteiger partial charge in [-0.25, -0.2) is 0 Å². The van der Waals surface area contributed by atoms with Crippen molar-refractivity contribution in [2.45, 2.75) is 33.0 Å². The molecule has 0 amide bonds. The third kappa shape index (κ3) is 6.72. The number of rotatable bonds is 8. The van der Waals surface area contributed by atoms with E-state index in [-0.39, 0.29) is 0 Å². The van der Waals surface area contributed by atoms with Gasteiger partial charge in [-0.3, -0.25) is 4.98 Å². The SMILES string of the molecule is CCCNCc1nc(C)ccc1OCOCC(F)(F)F. The molecule has 0 fully saturated rings. The first-order valence-electron chi connectivity index (χ1n) is 6.37. The number of halogens is 3. The number of alkyl halides is 3. The molecular weight excluding hydrogens is 273 g/mol. The Morgan fingerprint density at radius 1 is 1.30 bits per heavy atom. The van der Waals surface area contributed by atoms with E-state index in [4.69, 9.17) is 4.74 Å². The molecule has 114 valence electrons. The van der Waals surface area contributed by atoms with Crippen molar-refractivity contribution in [3.8, 4) is 5.75 Å². The fraction of sp³-hybridized carbons (Fsp3) is 0.615. The van der Waals surface area contributed by atoms with Crippen molar-refractivity contribution in [2.75, 3.05) is 19.9 Å². The quantitative estimate of drug-likeness (QED) is 0.591. The summed E-state index contributed by atoms with van der Waals surface area (Å²) in [4.78, 5) is 4.31. The standard InChI is InChI=1S/C13H19F3N2O2/c1-3-6-17-7-11-12(5-4-10(2)18-11)20-9-19-8-13(14,15)16/h4-5,17H,3,6-9H2,1-2H3. The molecule has 0 radical (unpaired) electrons. The summed E-state index contributed by atoms with van der Waals surface area (Å²) in [5.41, 5.74) is 1.48. The van der Waals surface area contributed by atoms with Gasteiger partial charge in [-0.15, -0.1) is 0 Å². The molecule has 4 nitrogen and oxygen atoms in total. The van der Waals surface area contributed by atoms with Crippen molar-refractivity contribution in [2.24, 2.45) is 0 Å². The van der Waals surface area contributed by atoms with Crippen LogP contribution in [-0.2, 0) is 11.3 Å². The molecule has 0 aromatic carbocycles. The molecule has 0 aliphatic rings. The summed E-state index contributed by atoms with van der Waals surface area (Å²) in [6.45, 7) is 3.44. The normalized spacial score (nSPS) is 11.7. The van der Waals surface area contributed by atoms with Crippen molar-refractivity contribution >= 4 is 0 Å². The van der Waals surface area contributed by atoms with Crippen molar-refractivity contribution in [1.82, 2.24) is 10.3 Å². The van der Waals surface area contributed by atoms with Gasteiger partial charge >= 0.3 is 6.18 Å². The van der Waals surface area contributed by atoms with Crippen LogP contribution >= 0.6 is 0 Å². The number of ether oxygens (including phenoxy) is 2. The van der Waals surface area contributed by atoms with Gasteiger partial charge in [0.05, 0.1) is 5.69 Å². The predicted molar refractivity (Wildman–Crippen MR) is 68.5 cm³/mol. The lowest BCUT2D eigenvalue weighted by molar-refractivity contribution is -0.186. The Morgan fingerprint density at radius 3 is 2.70 bits per heavy atom. The molecule has 1 rings (SSSR count). The second-order valence-corrected chi connectivity index (χ2v) is 4.30. The highest BCUT2D eigenvalue weighted by molar-refractivity contribution is 5.29. The fourth-order valence-electron chi connectivity index (χ4n) is 1.50. The van der Waals surface area contributed by atoms with E-state index in [1.54, 1.807) is 12.1 Å². The Hall–Kier alpha value is -1.34. The van der Waals surface area contributed by atoms with Crippen LogP contribution < -0.4 is 10.1 Å². The first-order chi connectivity index (χ1) is 9.42. The molecule has 0 saturated heterocycles. The minimum absolute atomic E-state index is 0.432. The molecule has 20 heavy (non-hydrogen) atoms. The molecule has 0 atom stereocenters. The van der Waals surface area contributed by atoms with Crippen molar-refractivity contribution < 1.29 is 22.6 Å². The predicted octanol–water partition coefficient (Wildman–Crippen LogP) is 2.80. The fourth-order valence-corrected chi connectivity index (χ4v) is 1.50. The molecule has 0 saturated carbocycles. The third-order valence-corrected chi connectivity index (χ3v) is 2.35. The molecule has 1 N–H and O–H groups in total. The van der Waals surface area contributed by atoms with Gasteiger partial charge in [0.15, 0.2) is 6.79 Å². The second kappa shape index (κ2) is 8.06. The van der Waals surface area contributed by atoms with Crippen LogP contribution in [0.1, 0.15) is 24.7 Å². The number of pyridine rings is 1. The summed E-state index contributed by atoms with van der Waals surface area (Å²) in [6, 6.07) is 3.42. The van der Waals surface area contributed by atoms with Gasteiger partial charge in [0, 0.05) is 12.2 Å². The monoisotopic (exact) mass is 292 g/mol. The van der Waals surface area contributed by atoms with E-state index in [2.05, 4.69) is 15.0 Å². The summed E-state index contributed by atoms with van der Waals surface area (Å²) < 4.78 is 45.4. The van der Waals surface area contributed by atoms with Gasteiger partial charge in [0.25, 0.3) is 0 Å². The van der Waals surface area contributed by atoms with Gasteiger partial charge in [-0.2, -0.15) is 13.2 Å². The number of aromatic nitrogens is 1. The van der Waals surface area contributed by atoms with Crippen LogP contribution in [0.4, 0.5) is 13.2 Å². The molecule has 1 aromatic rings. The minimum atomic E-state index is -4.35. The molecule has 0 spiro atoms. The topological polar surface area (TPSA) is 43.4 Å². The van der Waals surface area contributed by atoms with Crippen LogP contribution in [-0.4, -0.2) is 31.1 Å². The van der Waals surface area contributed by atoms with Gasteiger partial charge in [0.2, 0.25) is 0 Å². The smallest absolute Gasteiger partial charge is 0.411 e. The summed E-state index contributed by atoms with van der Waals surface area (Å²) in [7, 11) is 0. The van der Waals surface area contributed by atoms with E-state index in [9.17, 15) is 13.2 Å². The summed E-state index contributed by atoms with van der Waals surface area (Å²) in [5, 5.41) is 3.17. The highest BCUT2D eigenvalue weighted by Crippen LogP contribution is 2.18. The zero-order chi connectivity index (χ0) is 15.0. The van der Waals surface area contributed by atoms with Gasteiger partial charge in [-0.1, -0.05) is 6.92 Å². The van der Waals surface area contributed by atoms with E-state index in [1.165, 1.54) is 0 Å². The third-order valence-electron chi connectivity index (χ3n) is 2.35. The number of nitrogens with zero attached hydrogens (tertiary/aromatic N) is 1. The molecule has 0 bridgehead atoms. The van der Waals surface area contributed by atoms with Crippen LogP contribution in [0.2, 0.25) is 0 Å². The highest BCUT2D eigenvalue weighted by atomic mass is 19.4. The van der Waals surface area contributed by atoms with Crippen LogP contribution in [0, 0.1) is 6.92 Å². The molecular formula is C13H19F3N2O2. The maximum Gasteiger partial charge on any atom is 0.411 e. The first kappa shape index (κ1) is 16.7. The average Bonchev–Trinajstić information content (AvgIpc) is 2.36. The zero-order valence-electron chi connectivity index (χ0n) is 11.6. The largest absolute Gasteiger partial charge is 0.466 e. The lowest BCUT2D eigenvalue weighted by Gasteiger charge is -2.13. The Kier molecular flexibility index (Phi) is 6.74. The molecule has 0 unspecified atom stereocenters. The minimum Gasteiger partial charge on any atom is -0.466 e. The van der Waals surface area contributed by atoms with E-state index in [1.807, 2.05) is 13.8 Å². The van der Waals surface area contributed by atoms with Gasteiger partial charge < -0.3 is 14.8 Å². The van der Waals surface area contributed by atoms with E-state index in [0.717, 1.165) is 18.7 Å². The van der Waals surface area contributed by atoms with Crippen LogP contribution in [0.3, 0.4) is 0 Å². The van der Waals surface area contributed by atoms with Crippen molar-refractivity contribution in [3.63, 3.8) is 0 Å². The van der Waals surface area contributed by atoms with Crippen LogP contribution in [0.25, 0.3) is 0 Å². The lowest BCUT2D eigenvalue weighted by Crippen LogP contribution is -2.20. The average molecular weight is 292 g/mol. The second-order valence-electron chi connectivity index (χ2n) is 4.30. The Balaban J connectivity index is 2.51. The molecule has 7 heteroatoms. The van der Waals surface area contributed by atoms with Gasteiger partial charge in [-0.05, 0) is 32.0 Å². The van der Waals surface area contributed by atoms with Crippen LogP contribution in [0.5, 0.6) is 5.75 Å². The molecule has 0 aliphatic carbocycles. The van der Waals surface area contributed by atoms with Crippen LogP contribution in [0.15, 0.2) is 12.1 Å². The maximum absolute atomic E-state index is 11.9. The van der Waals surface area contributed by atoms with E-state index >= 15 is 0 Å². The lowest BCUT2D eigenvalue weighted by atomic mass is 10.3. The number of nitrogens with one attached hydrogen (secondary N) is 1. The molecule has 1 heterocycles. The van der Waals surface area contributed by atoms with Crippen molar-refractivity contribution in [3.05, 3.63) is 23.5 Å². The summed E-state index contributed by atoms with van der Waals surface area (Å²) in [6.07, 6.45) is -3.36. The van der Waals surface area contributed by atoms with E-state index in [0.29, 0.717) is 18.0 Å². The number of hydrogen-bond acceptors (Lipinski definition) is 4. The van der Waals surface area contributed by atoms with Gasteiger partial charge in [0.1, 0.15) is 12.4 Å². The first-order valence-corrected chi connectivity index (χ1v) is 6.37. The maximum atomic E-state index is 11.9.